The second kappa shape index (κ2) is 6.11. The molecule has 6 heteroatoms. The third-order valence-electron chi connectivity index (χ3n) is 2.98. The first-order valence-corrected chi connectivity index (χ1v) is 7.75. The summed E-state index contributed by atoms with van der Waals surface area (Å²) in [5.41, 5.74) is 1.24. The van der Waals surface area contributed by atoms with Gasteiger partial charge in [-0.3, -0.25) is 4.79 Å². The summed E-state index contributed by atoms with van der Waals surface area (Å²) in [7, 11) is 0. The summed E-state index contributed by atoms with van der Waals surface area (Å²) in [5.74, 6) is 1.06. The van der Waals surface area contributed by atoms with Gasteiger partial charge in [-0.1, -0.05) is 11.6 Å². The Bertz CT molecular complexity index is 705. The molecular formula is C15H11ClINO3. The Morgan fingerprint density at radius 2 is 1.86 bits per heavy atom. The Balaban J connectivity index is 1.82. The van der Waals surface area contributed by atoms with Crippen molar-refractivity contribution in [2.45, 2.75) is 0 Å². The van der Waals surface area contributed by atoms with Crippen LogP contribution in [0.15, 0.2) is 36.4 Å². The van der Waals surface area contributed by atoms with Gasteiger partial charge in [0.25, 0.3) is 5.91 Å². The van der Waals surface area contributed by atoms with Gasteiger partial charge < -0.3 is 14.8 Å². The van der Waals surface area contributed by atoms with E-state index in [9.17, 15) is 4.79 Å². The highest BCUT2D eigenvalue weighted by atomic mass is 127. The van der Waals surface area contributed by atoms with Crippen molar-refractivity contribution in [2.24, 2.45) is 0 Å². The molecular weight excluding hydrogens is 405 g/mol. The summed E-state index contributed by atoms with van der Waals surface area (Å²) in [4.78, 5) is 12.3. The molecule has 3 rings (SSSR count). The number of anilines is 1. The molecule has 0 aromatic heterocycles. The van der Waals surface area contributed by atoms with E-state index in [1.165, 1.54) is 0 Å². The molecule has 0 saturated carbocycles. The molecule has 0 aliphatic carbocycles. The number of fused-ring (bicyclic) bond motifs is 1. The van der Waals surface area contributed by atoms with Crippen LogP contribution < -0.4 is 14.8 Å². The smallest absolute Gasteiger partial charge is 0.255 e. The van der Waals surface area contributed by atoms with Crippen molar-refractivity contribution in [3.63, 3.8) is 0 Å². The first kappa shape index (κ1) is 14.5. The van der Waals surface area contributed by atoms with E-state index in [-0.39, 0.29) is 5.91 Å². The predicted octanol–water partition coefficient (Wildman–Crippen LogP) is 3.97. The molecule has 1 aliphatic rings. The van der Waals surface area contributed by atoms with Crippen LogP contribution in [0.1, 0.15) is 10.4 Å². The lowest BCUT2D eigenvalue weighted by Crippen LogP contribution is -2.17. The average molecular weight is 416 g/mol. The molecule has 4 nitrogen and oxygen atoms in total. The Morgan fingerprint density at radius 3 is 2.62 bits per heavy atom. The van der Waals surface area contributed by atoms with E-state index < -0.39 is 0 Å². The van der Waals surface area contributed by atoms with Crippen LogP contribution in [0.5, 0.6) is 11.5 Å². The number of nitrogens with one attached hydrogen (secondary N) is 1. The number of hydrogen-bond donors (Lipinski definition) is 1. The van der Waals surface area contributed by atoms with Gasteiger partial charge in [-0.05, 0) is 59.0 Å². The number of amides is 1. The molecule has 1 amide bonds. The summed E-state index contributed by atoms with van der Waals surface area (Å²) in [5, 5.41) is 3.49. The highest BCUT2D eigenvalue weighted by molar-refractivity contribution is 14.1. The van der Waals surface area contributed by atoms with Crippen molar-refractivity contribution in [3.05, 3.63) is 50.6 Å². The van der Waals surface area contributed by atoms with Crippen LogP contribution in [-0.4, -0.2) is 19.1 Å². The van der Waals surface area contributed by atoms with E-state index in [1.807, 2.05) is 0 Å². The van der Waals surface area contributed by atoms with E-state index in [1.54, 1.807) is 36.4 Å². The number of rotatable bonds is 2. The van der Waals surface area contributed by atoms with Crippen molar-refractivity contribution in [3.8, 4) is 11.5 Å². The first-order chi connectivity index (χ1) is 10.1. The number of carbonyl (C=O) groups excluding carboxylic acids is 1. The molecule has 0 atom stereocenters. The fourth-order valence-corrected chi connectivity index (χ4v) is 2.98. The Kier molecular flexibility index (Phi) is 4.21. The van der Waals surface area contributed by atoms with Crippen LogP contribution in [0.2, 0.25) is 5.02 Å². The summed E-state index contributed by atoms with van der Waals surface area (Å²) < 4.78 is 11.8. The van der Waals surface area contributed by atoms with Crippen LogP contribution in [-0.2, 0) is 0 Å². The fraction of sp³-hybridized carbons (Fsp3) is 0.133. The molecule has 1 aliphatic heterocycles. The van der Waals surface area contributed by atoms with Gasteiger partial charge in [0, 0.05) is 14.2 Å². The van der Waals surface area contributed by atoms with Crippen LogP contribution in [0.25, 0.3) is 0 Å². The molecule has 0 radical (unpaired) electrons. The van der Waals surface area contributed by atoms with Crippen molar-refractivity contribution in [1.29, 1.82) is 0 Å². The summed E-state index contributed by atoms with van der Waals surface area (Å²) in [6.45, 7) is 1.02. The van der Waals surface area contributed by atoms with Gasteiger partial charge in [-0.2, -0.15) is 0 Å². The minimum absolute atomic E-state index is 0.202. The molecule has 0 bridgehead atoms. The van der Waals surface area contributed by atoms with E-state index in [4.69, 9.17) is 21.1 Å². The Hall–Kier alpha value is -1.47. The Morgan fingerprint density at radius 1 is 1.10 bits per heavy atom. The monoisotopic (exact) mass is 415 g/mol. The topological polar surface area (TPSA) is 47.6 Å². The standard InChI is InChI=1S/C15H11ClINO3/c16-10-2-3-12(11(17)8-10)18-15(19)9-1-4-13-14(7-9)21-6-5-20-13/h1-4,7-8H,5-6H2,(H,18,19). The number of halogens is 2. The maximum Gasteiger partial charge on any atom is 0.255 e. The lowest BCUT2D eigenvalue weighted by Gasteiger charge is -2.18. The first-order valence-electron chi connectivity index (χ1n) is 6.29. The highest BCUT2D eigenvalue weighted by Gasteiger charge is 2.15. The normalized spacial score (nSPS) is 12.9. The Labute approximate surface area is 140 Å². The van der Waals surface area contributed by atoms with E-state index in [0.29, 0.717) is 35.3 Å². The van der Waals surface area contributed by atoms with E-state index >= 15 is 0 Å². The minimum atomic E-state index is -0.202. The molecule has 21 heavy (non-hydrogen) atoms. The molecule has 0 unspecified atom stereocenters. The predicted molar refractivity (Wildman–Crippen MR) is 89.6 cm³/mol. The van der Waals surface area contributed by atoms with E-state index in [0.717, 1.165) is 9.26 Å². The number of carbonyl (C=O) groups is 1. The zero-order valence-electron chi connectivity index (χ0n) is 10.9. The molecule has 0 saturated heterocycles. The maximum absolute atomic E-state index is 12.3. The molecule has 1 heterocycles. The second-order valence-corrected chi connectivity index (χ2v) is 6.04. The fourth-order valence-electron chi connectivity index (χ4n) is 1.97. The third kappa shape index (κ3) is 3.24. The quantitative estimate of drug-likeness (QED) is 0.755. The van der Waals surface area contributed by atoms with Crippen molar-refractivity contribution in [1.82, 2.24) is 0 Å². The van der Waals surface area contributed by atoms with Gasteiger partial charge in [0.2, 0.25) is 0 Å². The van der Waals surface area contributed by atoms with Crippen molar-refractivity contribution in [2.75, 3.05) is 18.5 Å². The number of hydrogen-bond acceptors (Lipinski definition) is 3. The zero-order chi connectivity index (χ0) is 14.8. The van der Waals surface area contributed by atoms with Gasteiger partial charge >= 0.3 is 0 Å². The molecule has 108 valence electrons. The van der Waals surface area contributed by atoms with Crippen LogP contribution in [0.3, 0.4) is 0 Å². The maximum atomic E-state index is 12.3. The third-order valence-corrected chi connectivity index (χ3v) is 4.11. The molecule has 2 aromatic rings. The lowest BCUT2D eigenvalue weighted by molar-refractivity contribution is 0.102. The van der Waals surface area contributed by atoms with Gasteiger partial charge in [-0.15, -0.1) is 0 Å². The second-order valence-electron chi connectivity index (χ2n) is 4.44. The van der Waals surface area contributed by atoms with Crippen LogP contribution in [0, 0.1) is 3.57 Å². The molecule has 0 spiro atoms. The molecule has 0 fully saturated rings. The SMILES string of the molecule is O=C(Nc1ccc(Cl)cc1I)c1ccc2c(c1)OCCO2. The van der Waals surface area contributed by atoms with Gasteiger partial charge in [-0.25, -0.2) is 0 Å². The highest BCUT2D eigenvalue weighted by Crippen LogP contribution is 2.31. The average Bonchev–Trinajstić information content (AvgIpc) is 2.49. The van der Waals surface area contributed by atoms with Crippen molar-refractivity contribution >= 4 is 45.8 Å². The minimum Gasteiger partial charge on any atom is -0.486 e. The number of benzene rings is 2. The summed E-state index contributed by atoms with van der Waals surface area (Å²) in [6, 6.07) is 10.5. The summed E-state index contributed by atoms with van der Waals surface area (Å²) in [6.07, 6.45) is 0. The van der Waals surface area contributed by atoms with Gasteiger partial charge in [0.15, 0.2) is 11.5 Å². The van der Waals surface area contributed by atoms with Crippen LogP contribution in [0.4, 0.5) is 5.69 Å². The van der Waals surface area contributed by atoms with E-state index in [2.05, 4.69) is 27.9 Å². The van der Waals surface area contributed by atoms with Crippen molar-refractivity contribution < 1.29 is 14.3 Å². The summed E-state index contributed by atoms with van der Waals surface area (Å²) >= 11 is 8.03. The molecule has 1 N–H and O–H groups in total. The molecule has 2 aromatic carbocycles. The lowest BCUT2D eigenvalue weighted by atomic mass is 10.1. The van der Waals surface area contributed by atoms with Crippen LogP contribution >= 0.6 is 34.2 Å². The number of ether oxygens (including phenoxy) is 2. The zero-order valence-corrected chi connectivity index (χ0v) is 13.8. The van der Waals surface area contributed by atoms with Gasteiger partial charge in [0.1, 0.15) is 13.2 Å². The van der Waals surface area contributed by atoms with Gasteiger partial charge in [0.05, 0.1) is 5.69 Å². The largest absolute Gasteiger partial charge is 0.486 e.